The number of carbonyl (C=O) groups is 1. The fourth-order valence-corrected chi connectivity index (χ4v) is 3.59. The lowest BCUT2D eigenvalue weighted by atomic mass is 9.91. The molecule has 0 amide bonds. The fourth-order valence-electron chi connectivity index (χ4n) is 3.59. The van der Waals surface area contributed by atoms with Crippen LogP contribution in [-0.2, 0) is 9.53 Å². The molecule has 0 unspecified atom stereocenters. The number of ether oxygens (including phenoxy) is 1. The van der Waals surface area contributed by atoms with Crippen molar-refractivity contribution in [3.63, 3.8) is 0 Å². The van der Waals surface area contributed by atoms with E-state index in [-0.39, 0.29) is 24.1 Å². The van der Waals surface area contributed by atoms with Crippen molar-refractivity contribution in [3.8, 4) is 0 Å². The molecule has 1 aliphatic rings. The van der Waals surface area contributed by atoms with Crippen LogP contribution in [0.2, 0.25) is 0 Å². The van der Waals surface area contributed by atoms with Crippen molar-refractivity contribution in [2.75, 3.05) is 6.61 Å². The number of rotatable bonds is 5. The Morgan fingerprint density at radius 3 is 2.16 bits per heavy atom. The van der Waals surface area contributed by atoms with Crippen molar-refractivity contribution >= 4 is 5.97 Å². The van der Waals surface area contributed by atoms with E-state index in [2.05, 4.69) is 72.5 Å². The van der Waals surface area contributed by atoms with Crippen LogP contribution in [-0.4, -0.2) is 29.6 Å². The van der Waals surface area contributed by atoms with Gasteiger partial charge in [-0.05, 0) is 31.4 Å². The molecule has 0 radical (unpaired) electrons. The molecule has 25 heavy (non-hydrogen) atoms. The summed E-state index contributed by atoms with van der Waals surface area (Å²) in [5, 5.41) is 0. The van der Waals surface area contributed by atoms with Crippen LogP contribution in [0.5, 0.6) is 0 Å². The molecule has 2 atom stereocenters. The third-order valence-corrected chi connectivity index (χ3v) is 4.69. The van der Waals surface area contributed by atoms with Gasteiger partial charge in [0.15, 0.2) is 0 Å². The van der Waals surface area contributed by atoms with Crippen molar-refractivity contribution < 1.29 is 9.53 Å². The topological polar surface area (TPSA) is 29.5 Å². The molecule has 3 nitrogen and oxygen atoms in total. The first kappa shape index (κ1) is 17.4. The normalized spacial score (nSPS) is 20.6. The average Bonchev–Trinajstić information content (AvgIpc) is 2.65. The highest BCUT2D eigenvalue weighted by Gasteiger charge is 2.37. The van der Waals surface area contributed by atoms with E-state index < -0.39 is 0 Å². The van der Waals surface area contributed by atoms with Crippen LogP contribution in [0, 0.1) is 0 Å². The second-order valence-electron chi connectivity index (χ2n) is 6.34. The van der Waals surface area contributed by atoms with Crippen molar-refractivity contribution in [1.82, 2.24) is 4.90 Å². The van der Waals surface area contributed by atoms with E-state index in [4.69, 9.17) is 4.74 Å². The number of hydrogen-bond donors (Lipinski definition) is 0. The molecule has 1 heterocycles. The zero-order valence-electron chi connectivity index (χ0n) is 14.8. The standard InChI is InChI=1S/C22H25NO2/c1-3-25-22(24)20-16-10-11-17(2)23(20)21(18-12-6-4-7-13-18)19-14-8-5-9-15-19/h4-15,17,20-21H,3,16H2,1-2H3/t17-,20-/m0/s1. The molecule has 3 heteroatoms. The molecule has 0 spiro atoms. The van der Waals surface area contributed by atoms with Crippen molar-refractivity contribution in [3.05, 3.63) is 83.9 Å². The zero-order chi connectivity index (χ0) is 17.6. The summed E-state index contributed by atoms with van der Waals surface area (Å²) in [5.74, 6) is -0.143. The Kier molecular flexibility index (Phi) is 5.67. The lowest BCUT2D eigenvalue weighted by Crippen LogP contribution is -2.50. The summed E-state index contributed by atoms with van der Waals surface area (Å²) in [5.41, 5.74) is 2.37. The van der Waals surface area contributed by atoms with Gasteiger partial charge < -0.3 is 4.74 Å². The summed E-state index contributed by atoms with van der Waals surface area (Å²) in [4.78, 5) is 14.9. The minimum Gasteiger partial charge on any atom is -0.465 e. The number of carbonyl (C=O) groups excluding carboxylic acids is 1. The van der Waals surface area contributed by atoms with Gasteiger partial charge in [0, 0.05) is 6.04 Å². The maximum Gasteiger partial charge on any atom is 0.323 e. The SMILES string of the molecule is CCOC(=O)[C@@H]1CC=C[C@H](C)N1C(c1ccccc1)c1ccccc1. The Labute approximate surface area is 149 Å². The largest absolute Gasteiger partial charge is 0.465 e. The first-order valence-electron chi connectivity index (χ1n) is 8.93. The highest BCUT2D eigenvalue weighted by atomic mass is 16.5. The Hall–Kier alpha value is -2.39. The molecule has 1 aliphatic heterocycles. The summed E-state index contributed by atoms with van der Waals surface area (Å²) >= 11 is 0. The van der Waals surface area contributed by atoms with Crippen molar-refractivity contribution in [2.24, 2.45) is 0 Å². The quantitative estimate of drug-likeness (QED) is 0.601. The highest BCUT2D eigenvalue weighted by molar-refractivity contribution is 5.76. The summed E-state index contributed by atoms with van der Waals surface area (Å²) in [6.45, 7) is 4.40. The van der Waals surface area contributed by atoms with Crippen LogP contribution >= 0.6 is 0 Å². The minimum absolute atomic E-state index is 0.0109. The molecule has 2 aromatic rings. The smallest absolute Gasteiger partial charge is 0.323 e. The van der Waals surface area contributed by atoms with Gasteiger partial charge in [-0.2, -0.15) is 0 Å². The maximum atomic E-state index is 12.6. The average molecular weight is 335 g/mol. The zero-order valence-corrected chi connectivity index (χ0v) is 14.8. The third-order valence-electron chi connectivity index (χ3n) is 4.69. The van der Waals surface area contributed by atoms with Gasteiger partial charge in [-0.1, -0.05) is 72.8 Å². The van der Waals surface area contributed by atoms with Crippen LogP contribution in [0.15, 0.2) is 72.8 Å². The molecule has 0 saturated carbocycles. The van der Waals surface area contributed by atoms with Crippen LogP contribution in [0.1, 0.15) is 37.4 Å². The summed E-state index contributed by atoms with van der Waals surface area (Å²) < 4.78 is 5.37. The van der Waals surface area contributed by atoms with E-state index in [1.807, 2.05) is 19.1 Å². The van der Waals surface area contributed by atoms with Crippen LogP contribution in [0.25, 0.3) is 0 Å². The third kappa shape index (κ3) is 3.83. The minimum atomic E-state index is -0.273. The van der Waals surface area contributed by atoms with Gasteiger partial charge in [0.2, 0.25) is 0 Å². The van der Waals surface area contributed by atoms with Gasteiger partial charge in [0.1, 0.15) is 6.04 Å². The molecule has 130 valence electrons. The molecule has 0 aromatic heterocycles. The number of esters is 1. The van der Waals surface area contributed by atoms with Crippen molar-refractivity contribution in [2.45, 2.75) is 38.4 Å². The molecule has 3 rings (SSSR count). The predicted molar refractivity (Wildman–Crippen MR) is 100 cm³/mol. The Bertz CT molecular complexity index is 672. The molecule has 0 bridgehead atoms. The summed E-state index contributed by atoms with van der Waals surface area (Å²) in [6.07, 6.45) is 4.95. The Balaban J connectivity index is 2.06. The van der Waals surface area contributed by atoms with Crippen LogP contribution in [0.4, 0.5) is 0 Å². The van der Waals surface area contributed by atoms with E-state index in [9.17, 15) is 4.79 Å². The van der Waals surface area contributed by atoms with E-state index in [1.54, 1.807) is 0 Å². The van der Waals surface area contributed by atoms with E-state index in [0.29, 0.717) is 13.0 Å². The lowest BCUT2D eigenvalue weighted by Gasteiger charge is -2.42. The van der Waals surface area contributed by atoms with Crippen molar-refractivity contribution in [1.29, 1.82) is 0 Å². The molecule has 2 aromatic carbocycles. The molecule has 0 saturated heterocycles. The first-order valence-corrected chi connectivity index (χ1v) is 8.93. The molecule has 0 fully saturated rings. The van der Waals surface area contributed by atoms with E-state index in [1.165, 1.54) is 11.1 Å². The van der Waals surface area contributed by atoms with Gasteiger partial charge in [0.05, 0.1) is 12.6 Å². The second-order valence-corrected chi connectivity index (χ2v) is 6.34. The van der Waals surface area contributed by atoms with Crippen LogP contribution in [0.3, 0.4) is 0 Å². The molecule has 0 aliphatic carbocycles. The fraction of sp³-hybridized carbons (Fsp3) is 0.318. The highest BCUT2D eigenvalue weighted by Crippen LogP contribution is 2.35. The molecular formula is C22H25NO2. The summed E-state index contributed by atoms with van der Waals surface area (Å²) in [7, 11) is 0. The van der Waals surface area contributed by atoms with E-state index in [0.717, 1.165) is 0 Å². The maximum absolute atomic E-state index is 12.6. The summed E-state index contributed by atoms with van der Waals surface area (Å²) in [6, 6.07) is 20.7. The van der Waals surface area contributed by atoms with Gasteiger partial charge in [-0.3, -0.25) is 9.69 Å². The predicted octanol–water partition coefficient (Wildman–Crippen LogP) is 4.36. The van der Waals surface area contributed by atoms with Crippen LogP contribution < -0.4 is 0 Å². The van der Waals surface area contributed by atoms with Gasteiger partial charge in [0.25, 0.3) is 0 Å². The first-order chi connectivity index (χ1) is 12.2. The monoisotopic (exact) mass is 335 g/mol. The molecular weight excluding hydrogens is 310 g/mol. The lowest BCUT2D eigenvalue weighted by molar-refractivity contribution is -0.151. The van der Waals surface area contributed by atoms with Gasteiger partial charge in [-0.15, -0.1) is 0 Å². The number of benzene rings is 2. The molecule has 0 N–H and O–H groups in total. The van der Waals surface area contributed by atoms with E-state index >= 15 is 0 Å². The van der Waals surface area contributed by atoms with Gasteiger partial charge >= 0.3 is 5.97 Å². The Morgan fingerprint density at radius 2 is 1.64 bits per heavy atom. The number of hydrogen-bond acceptors (Lipinski definition) is 3. The Morgan fingerprint density at radius 1 is 1.08 bits per heavy atom. The second kappa shape index (κ2) is 8.13. The van der Waals surface area contributed by atoms with Gasteiger partial charge in [-0.25, -0.2) is 0 Å². The number of nitrogens with zero attached hydrogens (tertiary/aromatic N) is 1.